The van der Waals surface area contributed by atoms with Crippen LogP contribution in [0.2, 0.25) is 0 Å². The lowest BCUT2D eigenvalue weighted by Gasteiger charge is -2.18. The van der Waals surface area contributed by atoms with Crippen LogP contribution in [-0.2, 0) is 15.3 Å². The Morgan fingerprint density at radius 2 is 1.83 bits per heavy atom. The zero-order chi connectivity index (χ0) is 13.2. The summed E-state index contributed by atoms with van der Waals surface area (Å²) in [4.78, 5) is 0. The van der Waals surface area contributed by atoms with E-state index in [0.717, 1.165) is 12.8 Å². The third-order valence-electron chi connectivity index (χ3n) is 2.68. The monoisotopic (exact) mass is 263 g/mol. The summed E-state index contributed by atoms with van der Waals surface area (Å²) in [7, 11) is -1.77. The maximum absolute atomic E-state index is 8.60. The highest BCUT2D eigenvalue weighted by atomic mass is 28.3. The van der Waals surface area contributed by atoms with Crippen LogP contribution in [0, 0.1) is 11.3 Å². The molecule has 0 aliphatic heterocycles. The van der Waals surface area contributed by atoms with Crippen molar-refractivity contribution >= 4 is 14.5 Å². The summed E-state index contributed by atoms with van der Waals surface area (Å²) in [6.07, 6.45) is 2.42. The number of rotatable bonds is 8. The largest absolute Gasteiger partial charge is 0.394 e. The van der Waals surface area contributed by atoms with E-state index >= 15 is 0 Å². The predicted octanol–water partition coefficient (Wildman–Crippen LogP) is 2.03. The molecular weight excluding hydrogens is 242 g/mol. The van der Waals surface area contributed by atoms with Crippen LogP contribution in [0.4, 0.5) is 0 Å². The molecule has 0 bridgehead atoms. The number of unbranched alkanes of at least 4 members (excludes halogenated alkanes) is 1. The van der Waals surface area contributed by atoms with E-state index in [0.29, 0.717) is 19.6 Å². The first-order chi connectivity index (χ1) is 8.83. The van der Waals surface area contributed by atoms with Gasteiger partial charge < -0.3 is 8.85 Å². The number of nitrogens with zero attached hydrogens (tertiary/aromatic N) is 1. The molecule has 1 rings (SSSR count). The molecule has 0 saturated carbocycles. The smallest absolute Gasteiger partial charge is 0.356 e. The fourth-order valence-electron chi connectivity index (χ4n) is 1.88. The first kappa shape index (κ1) is 14.9. The van der Waals surface area contributed by atoms with Gasteiger partial charge in [0.1, 0.15) is 0 Å². The number of aryl methyl sites for hydroxylation is 1. The van der Waals surface area contributed by atoms with E-state index in [1.165, 1.54) is 10.8 Å². The standard InChI is InChI=1S/C14H21NO2Si/c1-3-16-18(17-4-2)14-11-6-5-9-13(14)10-7-8-12-15/h5-6,9,11,18H,3-4,7-8,10H2,1-2H3. The fraction of sp³-hybridized carbons (Fsp3) is 0.500. The minimum absolute atomic E-state index is 0.601. The van der Waals surface area contributed by atoms with E-state index in [1.807, 2.05) is 26.0 Å². The maximum Gasteiger partial charge on any atom is 0.356 e. The van der Waals surface area contributed by atoms with Crippen molar-refractivity contribution in [3.05, 3.63) is 29.8 Å². The molecule has 0 radical (unpaired) electrons. The summed E-state index contributed by atoms with van der Waals surface area (Å²) in [5.74, 6) is 0. The van der Waals surface area contributed by atoms with E-state index in [4.69, 9.17) is 14.1 Å². The molecule has 3 nitrogen and oxygen atoms in total. The Hall–Kier alpha value is -1.15. The van der Waals surface area contributed by atoms with Gasteiger partial charge in [0.05, 0.1) is 6.07 Å². The summed E-state index contributed by atoms with van der Waals surface area (Å²) < 4.78 is 11.5. The van der Waals surface area contributed by atoms with Crippen LogP contribution in [0.25, 0.3) is 0 Å². The molecule has 1 aromatic carbocycles. The summed E-state index contributed by atoms with van der Waals surface area (Å²) >= 11 is 0. The Kier molecular flexibility index (Phi) is 7.34. The third-order valence-corrected chi connectivity index (χ3v) is 5.02. The lowest BCUT2D eigenvalue weighted by Crippen LogP contribution is -2.39. The lowest BCUT2D eigenvalue weighted by atomic mass is 10.1. The highest BCUT2D eigenvalue weighted by Crippen LogP contribution is 2.05. The van der Waals surface area contributed by atoms with Gasteiger partial charge in [0.25, 0.3) is 0 Å². The van der Waals surface area contributed by atoms with Gasteiger partial charge in [-0.1, -0.05) is 24.3 Å². The van der Waals surface area contributed by atoms with Crippen LogP contribution in [0.5, 0.6) is 0 Å². The molecule has 4 heteroatoms. The van der Waals surface area contributed by atoms with Crippen LogP contribution >= 0.6 is 0 Å². The molecule has 98 valence electrons. The number of nitriles is 1. The van der Waals surface area contributed by atoms with Gasteiger partial charge in [-0.2, -0.15) is 5.26 Å². The summed E-state index contributed by atoms with van der Waals surface area (Å²) in [6.45, 7) is 5.36. The van der Waals surface area contributed by atoms with Crippen LogP contribution < -0.4 is 5.19 Å². The van der Waals surface area contributed by atoms with Crippen LogP contribution in [-0.4, -0.2) is 22.5 Å². The van der Waals surface area contributed by atoms with Crippen molar-refractivity contribution in [1.29, 1.82) is 5.26 Å². The molecule has 0 amide bonds. The van der Waals surface area contributed by atoms with Crippen molar-refractivity contribution < 1.29 is 8.85 Å². The van der Waals surface area contributed by atoms with Crippen molar-refractivity contribution in [2.24, 2.45) is 0 Å². The normalized spacial score (nSPS) is 10.6. The Morgan fingerprint density at radius 1 is 1.17 bits per heavy atom. The highest BCUT2D eigenvalue weighted by Gasteiger charge is 2.18. The number of hydrogen-bond acceptors (Lipinski definition) is 3. The number of benzene rings is 1. The molecule has 0 spiro atoms. The highest BCUT2D eigenvalue weighted by molar-refractivity contribution is 6.61. The van der Waals surface area contributed by atoms with Gasteiger partial charge >= 0.3 is 9.28 Å². The van der Waals surface area contributed by atoms with E-state index in [1.54, 1.807) is 0 Å². The Labute approximate surface area is 111 Å². The van der Waals surface area contributed by atoms with Gasteiger partial charge in [0, 0.05) is 19.6 Å². The van der Waals surface area contributed by atoms with Gasteiger partial charge in [-0.3, -0.25) is 0 Å². The average Bonchev–Trinajstić information content (AvgIpc) is 2.39. The van der Waals surface area contributed by atoms with Crippen LogP contribution in [0.15, 0.2) is 24.3 Å². The molecule has 0 atom stereocenters. The van der Waals surface area contributed by atoms with Gasteiger partial charge in [0.2, 0.25) is 0 Å². The molecule has 0 aliphatic rings. The molecule has 0 saturated heterocycles. The Balaban J connectivity index is 2.80. The van der Waals surface area contributed by atoms with Gasteiger partial charge in [-0.25, -0.2) is 0 Å². The zero-order valence-corrected chi connectivity index (χ0v) is 12.3. The summed E-state index contributed by atoms with van der Waals surface area (Å²) in [6, 6.07) is 10.5. The van der Waals surface area contributed by atoms with Crippen LogP contribution in [0.1, 0.15) is 32.3 Å². The van der Waals surface area contributed by atoms with Crippen molar-refractivity contribution in [1.82, 2.24) is 0 Å². The molecule has 0 aromatic heterocycles. The van der Waals surface area contributed by atoms with E-state index in [2.05, 4.69) is 18.2 Å². The Bertz CT molecular complexity index is 384. The van der Waals surface area contributed by atoms with E-state index in [-0.39, 0.29) is 0 Å². The maximum atomic E-state index is 8.60. The first-order valence-electron chi connectivity index (χ1n) is 6.51. The Morgan fingerprint density at radius 3 is 2.44 bits per heavy atom. The first-order valence-corrected chi connectivity index (χ1v) is 8.03. The van der Waals surface area contributed by atoms with Crippen molar-refractivity contribution in [3.63, 3.8) is 0 Å². The second-order valence-electron chi connectivity index (χ2n) is 3.95. The van der Waals surface area contributed by atoms with E-state index < -0.39 is 9.28 Å². The molecule has 0 heterocycles. The van der Waals surface area contributed by atoms with Gasteiger partial charge in [0.15, 0.2) is 0 Å². The second-order valence-corrected chi connectivity index (χ2v) is 5.91. The molecule has 0 fully saturated rings. The molecular formula is C14H21NO2Si. The molecule has 0 unspecified atom stereocenters. The predicted molar refractivity (Wildman–Crippen MR) is 75.0 cm³/mol. The minimum Gasteiger partial charge on any atom is -0.394 e. The van der Waals surface area contributed by atoms with E-state index in [9.17, 15) is 0 Å². The van der Waals surface area contributed by atoms with Crippen molar-refractivity contribution in [3.8, 4) is 6.07 Å². The molecule has 18 heavy (non-hydrogen) atoms. The quantitative estimate of drug-likeness (QED) is 0.532. The van der Waals surface area contributed by atoms with Crippen LogP contribution in [0.3, 0.4) is 0 Å². The molecule has 0 aliphatic carbocycles. The SMILES string of the molecule is CCO[SiH](OCC)c1ccccc1CCCC#N. The minimum atomic E-state index is -1.77. The number of hydrogen-bond donors (Lipinski definition) is 0. The lowest BCUT2D eigenvalue weighted by molar-refractivity contribution is 0.225. The van der Waals surface area contributed by atoms with Crippen molar-refractivity contribution in [2.75, 3.05) is 13.2 Å². The average molecular weight is 263 g/mol. The summed E-state index contributed by atoms with van der Waals surface area (Å²) in [5, 5.41) is 9.82. The molecule has 0 N–H and O–H groups in total. The van der Waals surface area contributed by atoms with Crippen molar-refractivity contribution in [2.45, 2.75) is 33.1 Å². The third kappa shape index (κ3) is 4.61. The van der Waals surface area contributed by atoms with Gasteiger partial charge in [-0.15, -0.1) is 0 Å². The molecule has 1 aromatic rings. The topological polar surface area (TPSA) is 42.2 Å². The van der Waals surface area contributed by atoms with Gasteiger partial charge in [-0.05, 0) is 37.4 Å². The summed E-state index contributed by atoms with van der Waals surface area (Å²) in [5.41, 5.74) is 1.27. The zero-order valence-electron chi connectivity index (χ0n) is 11.2. The fourth-order valence-corrected chi connectivity index (χ4v) is 3.75. The second kappa shape index (κ2) is 8.87.